The molecule has 0 aliphatic rings. The van der Waals surface area contributed by atoms with Gasteiger partial charge in [-0.15, -0.1) is 11.3 Å². The first-order valence-electron chi connectivity index (χ1n) is 5.34. The molecule has 0 aliphatic heterocycles. The lowest BCUT2D eigenvalue weighted by Gasteiger charge is -2.03. The maximum Gasteiger partial charge on any atom is 0.142 e. The Balaban J connectivity index is 2.00. The molecular weight excluding hydrogens is 216 g/mol. The van der Waals surface area contributed by atoms with Gasteiger partial charge in [0.2, 0.25) is 0 Å². The van der Waals surface area contributed by atoms with Gasteiger partial charge >= 0.3 is 0 Å². The van der Waals surface area contributed by atoms with Gasteiger partial charge in [-0.1, -0.05) is 30.3 Å². The number of hydrogen-bond donors (Lipinski definition) is 0. The molecule has 0 saturated carbocycles. The topological polar surface area (TPSA) is 17.1 Å². The van der Waals surface area contributed by atoms with E-state index < -0.39 is 0 Å². The third kappa shape index (κ3) is 2.80. The molecule has 0 aliphatic carbocycles. The second kappa shape index (κ2) is 5.08. The standard InChI is InChI=1S/C14H14OS/c1-11-5-2-3-6-12(11)9-13(15)10-14-7-4-8-16-14/h2-8H,9-10H2,1H3. The minimum atomic E-state index is 0.289. The Labute approximate surface area is 99.8 Å². The van der Waals surface area contributed by atoms with E-state index in [1.807, 2.05) is 48.7 Å². The summed E-state index contributed by atoms with van der Waals surface area (Å²) >= 11 is 1.65. The van der Waals surface area contributed by atoms with Crippen molar-refractivity contribution in [1.29, 1.82) is 0 Å². The Bertz CT molecular complexity index is 471. The SMILES string of the molecule is Cc1ccccc1CC(=O)Cc1cccs1. The minimum Gasteiger partial charge on any atom is -0.299 e. The van der Waals surface area contributed by atoms with Gasteiger partial charge in [-0.3, -0.25) is 4.79 Å². The smallest absolute Gasteiger partial charge is 0.142 e. The Hall–Kier alpha value is -1.41. The van der Waals surface area contributed by atoms with Gasteiger partial charge in [-0.05, 0) is 29.5 Å². The summed E-state index contributed by atoms with van der Waals surface area (Å²) in [6, 6.07) is 12.1. The van der Waals surface area contributed by atoms with Crippen molar-refractivity contribution in [3.05, 3.63) is 57.8 Å². The molecule has 0 saturated heterocycles. The highest BCUT2D eigenvalue weighted by atomic mass is 32.1. The second-order valence-electron chi connectivity index (χ2n) is 3.90. The first kappa shape index (κ1) is 11.1. The van der Waals surface area contributed by atoms with E-state index in [4.69, 9.17) is 0 Å². The van der Waals surface area contributed by atoms with Crippen LogP contribution >= 0.6 is 11.3 Å². The Morgan fingerprint density at radius 3 is 2.62 bits per heavy atom. The van der Waals surface area contributed by atoms with Crippen LogP contribution in [-0.2, 0) is 17.6 Å². The van der Waals surface area contributed by atoms with Crippen LogP contribution in [0.25, 0.3) is 0 Å². The maximum atomic E-state index is 11.8. The van der Waals surface area contributed by atoms with Crippen LogP contribution in [0.4, 0.5) is 0 Å². The number of carbonyl (C=O) groups is 1. The highest BCUT2D eigenvalue weighted by molar-refractivity contribution is 7.10. The van der Waals surface area contributed by atoms with E-state index in [-0.39, 0.29) is 5.78 Å². The lowest BCUT2D eigenvalue weighted by molar-refractivity contribution is -0.117. The van der Waals surface area contributed by atoms with E-state index in [0.29, 0.717) is 12.8 Å². The molecule has 1 aromatic carbocycles. The zero-order valence-electron chi connectivity index (χ0n) is 9.27. The molecule has 1 heterocycles. The Morgan fingerprint density at radius 1 is 1.12 bits per heavy atom. The summed E-state index contributed by atoms with van der Waals surface area (Å²) < 4.78 is 0. The quantitative estimate of drug-likeness (QED) is 0.786. The number of Topliss-reactive ketones (excluding diaryl/α,β-unsaturated/α-hetero) is 1. The van der Waals surface area contributed by atoms with E-state index in [1.165, 1.54) is 5.56 Å². The van der Waals surface area contributed by atoms with E-state index in [0.717, 1.165) is 10.4 Å². The summed E-state index contributed by atoms with van der Waals surface area (Å²) in [4.78, 5) is 13.0. The second-order valence-corrected chi connectivity index (χ2v) is 4.93. The zero-order valence-corrected chi connectivity index (χ0v) is 10.1. The molecule has 1 nitrogen and oxygen atoms in total. The zero-order chi connectivity index (χ0) is 11.4. The van der Waals surface area contributed by atoms with Crippen LogP contribution in [0.3, 0.4) is 0 Å². The largest absolute Gasteiger partial charge is 0.299 e. The van der Waals surface area contributed by atoms with Crippen molar-refractivity contribution < 1.29 is 4.79 Å². The molecule has 16 heavy (non-hydrogen) atoms. The van der Waals surface area contributed by atoms with E-state index in [2.05, 4.69) is 0 Å². The molecule has 2 rings (SSSR count). The van der Waals surface area contributed by atoms with Gasteiger partial charge < -0.3 is 0 Å². The first-order chi connectivity index (χ1) is 7.75. The van der Waals surface area contributed by atoms with Crippen LogP contribution in [0.15, 0.2) is 41.8 Å². The molecule has 0 amide bonds. The van der Waals surface area contributed by atoms with Gasteiger partial charge in [0.25, 0.3) is 0 Å². The molecule has 2 heteroatoms. The van der Waals surface area contributed by atoms with E-state index >= 15 is 0 Å². The number of benzene rings is 1. The normalized spacial score (nSPS) is 10.3. The maximum absolute atomic E-state index is 11.8. The molecule has 1 aromatic heterocycles. The molecule has 0 N–H and O–H groups in total. The average molecular weight is 230 g/mol. The summed E-state index contributed by atoms with van der Waals surface area (Å²) in [5.74, 6) is 0.289. The van der Waals surface area contributed by atoms with Gasteiger partial charge in [0.1, 0.15) is 5.78 Å². The van der Waals surface area contributed by atoms with Gasteiger partial charge in [-0.25, -0.2) is 0 Å². The molecule has 0 bridgehead atoms. The van der Waals surface area contributed by atoms with Gasteiger partial charge in [0, 0.05) is 17.7 Å². The van der Waals surface area contributed by atoms with Gasteiger partial charge in [-0.2, -0.15) is 0 Å². The molecule has 0 unspecified atom stereocenters. The molecule has 0 atom stereocenters. The number of thiophene rings is 1. The van der Waals surface area contributed by atoms with E-state index in [9.17, 15) is 4.79 Å². The third-order valence-electron chi connectivity index (χ3n) is 2.60. The predicted molar refractivity (Wildman–Crippen MR) is 67.9 cm³/mol. The van der Waals surface area contributed by atoms with Crippen LogP contribution in [0, 0.1) is 6.92 Å². The van der Waals surface area contributed by atoms with Crippen LogP contribution in [0.5, 0.6) is 0 Å². The molecule has 0 spiro atoms. The molecular formula is C14H14OS. The molecule has 0 fully saturated rings. The lowest BCUT2D eigenvalue weighted by atomic mass is 10.0. The third-order valence-corrected chi connectivity index (χ3v) is 3.48. The first-order valence-corrected chi connectivity index (χ1v) is 6.22. The molecule has 2 aromatic rings. The van der Waals surface area contributed by atoms with Crippen LogP contribution in [0.1, 0.15) is 16.0 Å². The Morgan fingerprint density at radius 2 is 1.94 bits per heavy atom. The van der Waals surface area contributed by atoms with Crippen LogP contribution < -0.4 is 0 Å². The van der Waals surface area contributed by atoms with Crippen molar-refractivity contribution >= 4 is 17.1 Å². The average Bonchev–Trinajstić information content (AvgIpc) is 2.74. The van der Waals surface area contributed by atoms with Crippen molar-refractivity contribution in [2.24, 2.45) is 0 Å². The van der Waals surface area contributed by atoms with Crippen LogP contribution in [-0.4, -0.2) is 5.78 Å². The number of rotatable bonds is 4. The predicted octanol–water partition coefficient (Wildman–Crippen LogP) is 3.41. The fourth-order valence-electron chi connectivity index (χ4n) is 1.69. The fourth-order valence-corrected chi connectivity index (χ4v) is 2.42. The number of aryl methyl sites for hydroxylation is 1. The number of hydrogen-bond acceptors (Lipinski definition) is 2. The van der Waals surface area contributed by atoms with Gasteiger partial charge in [0.05, 0.1) is 0 Å². The summed E-state index contributed by atoms with van der Waals surface area (Å²) in [7, 11) is 0. The van der Waals surface area contributed by atoms with Crippen molar-refractivity contribution in [2.75, 3.05) is 0 Å². The highest BCUT2D eigenvalue weighted by Gasteiger charge is 2.07. The van der Waals surface area contributed by atoms with Crippen molar-refractivity contribution in [1.82, 2.24) is 0 Å². The summed E-state index contributed by atoms with van der Waals surface area (Å²) in [6.45, 7) is 2.05. The van der Waals surface area contributed by atoms with E-state index in [1.54, 1.807) is 11.3 Å². The highest BCUT2D eigenvalue weighted by Crippen LogP contribution is 2.13. The molecule has 0 radical (unpaired) electrons. The number of carbonyl (C=O) groups excluding carboxylic acids is 1. The fraction of sp³-hybridized carbons (Fsp3) is 0.214. The summed E-state index contributed by atoms with van der Waals surface area (Å²) in [5.41, 5.74) is 2.34. The van der Waals surface area contributed by atoms with Crippen molar-refractivity contribution in [3.63, 3.8) is 0 Å². The Kier molecular flexibility index (Phi) is 3.52. The monoisotopic (exact) mass is 230 g/mol. The minimum absolute atomic E-state index is 0.289. The lowest BCUT2D eigenvalue weighted by Crippen LogP contribution is -2.06. The summed E-state index contributed by atoms with van der Waals surface area (Å²) in [6.07, 6.45) is 1.11. The van der Waals surface area contributed by atoms with Crippen LogP contribution in [0.2, 0.25) is 0 Å². The number of ketones is 1. The summed E-state index contributed by atoms with van der Waals surface area (Å²) in [5, 5.41) is 2.01. The van der Waals surface area contributed by atoms with Gasteiger partial charge in [0.15, 0.2) is 0 Å². The van der Waals surface area contributed by atoms with Crippen molar-refractivity contribution in [2.45, 2.75) is 19.8 Å². The molecule has 82 valence electrons. The van der Waals surface area contributed by atoms with Crippen molar-refractivity contribution in [3.8, 4) is 0 Å².